The first-order valence-corrected chi connectivity index (χ1v) is 18.8. The highest BCUT2D eigenvalue weighted by Gasteiger charge is 2.16. The Balaban J connectivity index is 0.950. The van der Waals surface area contributed by atoms with Crippen LogP contribution in [0.15, 0.2) is 223 Å². The van der Waals surface area contributed by atoms with Crippen LogP contribution in [0.4, 0.5) is 0 Å². The predicted molar refractivity (Wildman–Crippen MR) is 232 cm³/mol. The van der Waals surface area contributed by atoms with Gasteiger partial charge in [-0.25, -0.2) is 0 Å². The average Bonchev–Trinajstić information content (AvgIpc) is 3.67. The van der Waals surface area contributed by atoms with Gasteiger partial charge < -0.3 is 4.42 Å². The maximum absolute atomic E-state index is 6.82. The van der Waals surface area contributed by atoms with Crippen LogP contribution in [0.1, 0.15) is 0 Å². The largest absolute Gasteiger partial charge is 0.455 e. The van der Waals surface area contributed by atoms with Crippen molar-refractivity contribution >= 4 is 21.9 Å². The van der Waals surface area contributed by atoms with Gasteiger partial charge in [0.2, 0.25) is 0 Å². The van der Waals surface area contributed by atoms with Crippen molar-refractivity contribution in [2.24, 2.45) is 0 Å². The maximum Gasteiger partial charge on any atom is 0.143 e. The second kappa shape index (κ2) is 14.0. The molecule has 1 heterocycles. The van der Waals surface area contributed by atoms with E-state index < -0.39 is 0 Å². The standard InChI is InChI=1S/C54H36O/c1-3-12-37(13-4-1)43-16-7-18-45(34-43)39-26-30-41(31-27-39)49-22-10-24-51-52-25-11-23-50(54(52)55-53(49)51)42-32-28-40(29-33-42)46-19-9-21-48(36-46)47-20-8-17-44(35-47)38-14-5-2-6-15-38/h1-36H. The lowest BCUT2D eigenvalue weighted by atomic mass is 9.95. The Morgan fingerprint density at radius 1 is 0.200 bits per heavy atom. The van der Waals surface area contributed by atoms with E-state index in [0.29, 0.717) is 0 Å². The van der Waals surface area contributed by atoms with E-state index in [0.717, 1.165) is 44.2 Å². The smallest absolute Gasteiger partial charge is 0.143 e. The molecule has 1 aromatic heterocycles. The van der Waals surface area contributed by atoms with E-state index in [9.17, 15) is 0 Å². The summed E-state index contributed by atoms with van der Waals surface area (Å²) in [6, 6.07) is 78.1. The Bertz CT molecular complexity index is 2930. The molecular weight excluding hydrogens is 665 g/mol. The number of furan rings is 1. The van der Waals surface area contributed by atoms with Gasteiger partial charge in [0.05, 0.1) is 0 Å². The normalized spacial score (nSPS) is 11.3. The van der Waals surface area contributed by atoms with Crippen molar-refractivity contribution in [1.29, 1.82) is 0 Å². The van der Waals surface area contributed by atoms with Gasteiger partial charge in [-0.15, -0.1) is 0 Å². The summed E-state index contributed by atoms with van der Waals surface area (Å²) in [7, 11) is 0. The fourth-order valence-corrected chi connectivity index (χ4v) is 7.86. The first kappa shape index (κ1) is 32.4. The van der Waals surface area contributed by atoms with Crippen molar-refractivity contribution in [2.75, 3.05) is 0 Å². The lowest BCUT2D eigenvalue weighted by molar-refractivity contribution is 0.671. The van der Waals surface area contributed by atoms with Gasteiger partial charge in [-0.1, -0.05) is 200 Å². The Labute approximate surface area is 321 Å². The van der Waals surface area contributed by atoms with Crippen molar-refractivity contribution in [3.63, 3.8) is 0 Å². The van der Waals surface area contributed by atoms with Gasteiger partial charge in [-0.3, -0.25) is 0 Å². The molecule has 0 aliphatic carbocycles. The van der Waals surface area contributed by atoms with E-state index in [-0.39, 0.29) is 0 Å². The zero-order valence-corrected chi connectivity index (χ0v) is 30.2. The number of hydrogen-bond acceptors (Lipinski definition) is 1. The van der Waals surface area contributed by atoms with Crippen LogP contribution in [-0.4, -0.2) is 0 Å². The van der Waals surface area contributed by atoms with Gasteiger partial charge in [-0.05, 0) is 85.0 Å². The van der Waals surface area contributed by atoms with Crippen molar-refractivity contribution in [3.8, 4) is 77.9 Å². The third-order valence-corrected chi connectivity index (χ3v) is 10.7. The average molecular weight is 701 g/mol. The topological polar surface area (TPSA) is 13.1 Å². The molecule has 0 saturated carbocycles. The monoisotopic (exact) mass is 700 g/mol. The van der Waals surface area contributed by atoms with Crippen LogP contribution in [0.5, 0.6) is 0 Å². The van der Waals surface area contributed by atoms with Crippen LogP contribution >= 0.6 is 0 Å². The molecule has 0 N–H and O–H groups in total. The van der Waals surface area contributed by atoms with E-state index >= 15 is 0 Å². The first-order valence-electron chi connectivity index (χ1n) is 18.8. The van der Waals surface area contributed by atoms with Crippen LogP contribution in [-0.2, 0) is 0 Å². The second-order valence-electron chi connectivity index (χ2n) is 14.1. The van der Waals surface area contributed by atoms with Gasteiger partial charge >= 0.3 is 0 Å². The number of fused-ring (bicyclic) bond motifs is 3. The summed E-state index contributed by atoms with van der Waals surface area (Å²) in [5, 5.41) is 2.25. The fourth-order valence-electron chi connectivity index (χ4n) is 7.86. The number of benzene rings is 9. The zero-order valence-electron chi connectivity index (χ0n) is 30.2. The molecule has 0 amide bonds. The van der Waals surface area contributed by atoms with Crippen LogP contribution < -0.4 is 0 Å². The van der Waals surface area contributed by atoms with Crippen molar-refractivity contribution in [3.05, 3.63) is 218 Å². The first-order chi connectivity index (χ1) is 27.2. The molecule has 0 unspecified atom stereocenters. The van der Waals surface area contributed by atoms with Gasteiger partial charge in [0.15, 0.2) is 0 Å². The third kappa shape index (κ3) is 6.22. The Morgan fingerprint density at radius 2 is 0.473 bits per heavy atom. The third-order valence-electron chi connectivity index (χ3n) is 10.7. The van der Waals surface area contributed by atoms with Crippen molar-refractivity contribution < 1.29 is 4.42 Å². The highest BCUT2D eigenvalue weighted by atomic mass is 16.3. The molecule has 258 valence electrons. The summed E-state index contributed by atoms with van der Waals surface area (Å²) in [4.78, 5) is 0. The van der Waals surface area contributed by atoms with E-state index in [1.54, 1.807) is 0 Å². The van der Waals surface area contributed by atoms with Crippen LogP contribution in [0.2, 0.25) is 0 Å². The van der Waals surface area contributed by atoms with Crippen LogP contribution in [0.25, 0.3) is 99.8 Å². The van der Waals surface area contributed by atoms with Crippen LogP contribution in [0.3, 0.4) is 0 Å². The Morgan fingerprint density at radius 3 is 0.836 bits per heavy atom. The summed E-state index contributed by atoms with van der Waals surface area (Å²) < 4.78 is 6.82. The lowest BCUT2D eigenvalue weighted by Gasteiger charge is -2.09. The zero-order chi connectivity index (χ0) is 36.6. The summed E-state index contributed by atoms with van der Waals surface area (Å²) in [5.41, 5.74) is 18.3. The molecule has 0 saturated heterocycles. The molecule has 0 atom stereocenters. The van der Waals surface area contributed by atoms with Gasteiger partial charge in [0.25, 0.3) is 0 Å². The van der Waals surface area contributed by atoms with Gasteiger partial charge in [-0.2, -0.15) is 0 Å². The van der Waals surface area contributed by atoms with E-state index in [1.165, 1.54) is 55.6 Å². The molecular formula is C54H36O. The van der Waals surface area contributed by atoms with E-state index in [4.69, 9.17) is 4.42 Å². The summed E-state index contributed by atoms with van der Waals surface area (Å²) in [6.45, 7) is 0. The Hall–Kier alpha value is -7.22. The minimum absolute atomic E-state index is 0.910. The molecule has 9 aromatic carbocycles. The second-order valence-corrected chi connectivity index (χ2v) is 14.1. The van der Waals surface area contributed by atoms with Gasteiger partial charge in [0, 0.05) is 21.9 Å². The van der Waals surface area contributed by atoms with Crippen molar-refractivity contribution in [1.82, 2.24) is 0 Å². The summed E-state index contributed by atoms with van der Waals surface area (Å²) in [6.07, 6.45) is 0. The summed E-state index contributed by atoms with van der Waals surface area (Å²) in [5.74, 6) is 0. The highest BCUT2D eigenvalue weighted by Crippen LogP contribution is 2.41. The quantitative estimate of drug-likeness (QED) is 0.161. The molecule has 0 spiro atoms. The Kier molecular flexibility index (Phi) is 8.24. The molecule has 10 aromatic rings. The minimum atomic E-state index is 0.910. The molecule has 0 aliphatic rings. The summed E-state index contributed by atoms with van der Waals surface area (Å²) >= 11 is 0. The molecule has 1 nitrogen and oxygen atoms in total. The number of para-hydroxylation sites is 2. The van der Waals surface area contributed by atoms with Crippen molar-refractivity contribution in [2.45, 2.75) is 0 Å². The lowest BCUT2D eigenvalue weighted by Crippen LogP contribution is -1.84. The van der Waals surface area contributed by atoms with Crippen LogP contribution in [0, 0.1) is 0 Å². The predicted octanol–water partition coefficient (Wildman–Crippen LogP) is 15.3. The maximum atomic E-state index is 6.82. The minimum Gasteiger partial charge on any atom is -0.455 e. The van der Waals surface area contributed by atoms with Gasteiger partial charge in [0.1, 0.15) is 11.2 Å². The number of hydrogen-bond donors (Lipinski definition) is 0. The van der Waals surface area contributed by atoms with E-state index in [2.05, 4.69) is 218 Å². The molecule has 1 heteroatoms. The molecule has 10 rings (SSSR count). The molecule has 0 aliphatic heterocycles. The SMILES string of the molecule is c1ccc(-c2cccc(-c3ccc(-c4cccc5c4oc4c(-c6ccc(-c7cccc(-c8cccc(-c9ccccc9)c8)c7)cc6)cccc45)cc3)c2)cc1. The highest BCUT2D eigenvalue weighted by molar-refractivity contribution is 6.13. The van der Waals surface area contributed by atoms with E-state index in [1.807, 2.05) is 0 Å². The molecule has 0 bridgehead atoms. The molecule has 0 fully saturated rings. The number of rotatable bonds is 7. The fraction of sp³-hybridized carbons (Fsp3) is 0. The molecule has 55 heavy (non-hydrogen) atoms. The molecule has 0 radical (unpaired) electrons.